The molecule has 1 fully saturated rings. The molecule has 2 aromatic carbocycles. The van der Waals surface area contributed by atoms with Crippen molar-refractivity contribution < 1.29 is 9.32 Å². The topological polar surface area (TPSA) is 40.5 Å². The minimum atomic E-state index is -1.22. The number of hydrogen-bond acceptors (Lipinski definition) is 3. The van der Waals surface area contributed by atoms with Crippen LogP contribution >= 0.6 is 0 Å². The predicted octanol–water partition coefficient (Wildman–Crippen LogP) is 2.46. The Bertz CT molecular complexity index is 673. The molecule has 1 saturated heterocycles. The zero-order valence-electron chi connectivity index (χ0n) is 11.7. The Labute approximate surface area is 126 Å². The summed E-state index contributed by atoms with van der Waals surface area (Å²) in [5, 5.41) is 11.6. The molecule has 21 heavy (non-hydrogen) atoms. The fourth-order valence-corrected chi connectivity index (χ4v) is 4.94. The molecule has 0 atom stereocenters. The summed E-state index contributed by atoms with van der Waals surface area (Å²) in [7, 11) is -1.22. The van der Waals surface area contributed by atoms with Crippen LogP contribution in [0.25, 0.3) is 0 Å². The average Bonchev–Trinajstić information content (AvgIpc) is 3.08. The van der Waals surface area contributed by atoms with Crippen molar-refractivity contribution >= 4 is 10.8 Å². The van der Waals surface area contributed by atoms with Gasteiger partial charge in [-0.15, -0.1) is 0 Å². The fraction of sp³-hybridized carbons (Fsp3) is 0.294. The van der Waals surface area contributed by atoms with E-state index >= 15 is 0 Å². The Morgan fingerprint density at radius 1 is 0.905 bits per heavy atom. The third-order valence-electron chi connectivity index (χ3n) is 4.49. The molecule has 0 aliphatic carbocycles. The highest BCUT2D eigenvalue weighted by molar-refractivity contribution is 7.85. The lowest BCUT2D eigenvalue weighted by Crippen LogP contribution is -2.48. The smallest absolute Gasteiger partial charge is 0.173 e. The van der Waals surface area contributed by atoms with Crippen LogP contribution in [0.3, 0.4) is 0 Å². The number of likely N-dealkylation sites (tertiary alicyclic amines) is 1. The number of nitrogens with zero attached hydrogens (tertiary/aromatic N) is 1. The molecule has 0 unspecified atom stereocenters. The van der Waals surface area contributed by atoms with Gasteiger partial charge in [-0.05, 0) is 25.0 Å². The van der Waals surface area contributed by atoms with Gasteiger partial charge < -0.3 is 5.11 Å². The Hall–Kier alpha value is -1.49. The highest BCUT2D eigenvalue weighted by Gasteiger charge is 2.46. The summed E-state index contributed by atoms with van der Waals surface area (Å²) in [6.45, 7) is 1.73. The van der Waals surface area contributed by atoms with Gasteiger partial charge in [0, 0.05) is 24.2 Å². The van der Waals surface area contributed by atoms with Crippen molar-refractivity contribution in [2.45, 2.75) is 28.4 Å². The number of aliphatic hydroxyl groups is 1. The normalized spacial score (nSPS) is 28.1. The van der Waals surface area contributed by atoms with Crippen molar-refractivity contribution in [2.24, 2.45) is 0 Å². The quantitative estimate of drug-likeness (QED) is 0.879. The molecule has 2 heterocycles. The Morgan fingerprint density at radius 3 is 1.90 bits per heavy atom. The Balaban J connectivity index is 2.02. The summed E-state index contributed by atoms with van der Waals surface area (Å²) in [6, 6.07) is 15.1. The summed E-state index contributed by atoms with van der Waals surface area (Å²) < 4.78 is 12.8. The maximum atomic E-state index is 12.8. The molecular formula is C17H17NO2S. The number of fused-ring (bicyclic) bond motifs is 2. The molecule has 2 aliphatic heterocycles. The van der Waals surface area contributed by atoms with E-state index in [0.29, 0.717) is 0 Å². The lowest BCUT2D eigenvalue weighted by atomic mass is 9.92. The first-order valence-corrected chi connectivity index (χ1v) is 8.46. The molecule has 0 bridgehead atoms. The van der Waals surface area contributed by atoms with Gasteiger partial charge in [-0.2, -0.15) is 0 Å². The summed E-state index contributed by atoms with van der Waals surface area (Å²) >= 11 is 0. The van der Waals surface area contributed by atoms with Crippen molar-refractivity contribution in [1.29, 1.82) is 0 Å². The molecule has 0 aromatic heterocycles. The maximum absolute atomic E-state index is 12.8. The first kappa shape index (κ1) is 13.2. The monoisotopic (exact) mass is 299 g/mol. The number of hydrogen-bond donors (Lipinski definition) is 1. The van der Waals surface area contributed by atoms with Crippen LogP contribution in [0.5, 0.6) is 0 Å². The second kappa shape index (κ2) is 4.77. The summed E-state index contributed by atoms with van der Waals surface area (Å²) in [4.78, 5) is 3.57. The van der Waals surface area contributed by atoms with Crippen LogP contribution in [0.4, 0.5) is 0 Å². The van der Waals surface area contributed by atoms with Crippen LogP contribution < -0.4 is 0 Å². The molecule has 4 rings (SSSR count). The molecule has 3 nitrogen and oxygen atoms in total. The zero-order valence-corrected chi connectivity index (χ0v) is 12.5. The standard InChI is InChI=1S/C17H17NO2S/c19-17(18-11-5-6-12-18)13-7-1-3-9-15(13)21(20)16-10-4-2-8-14(16)17/h1-4,7-10,19H,5-6,11-12H2. The van der Waals surface area contributed by atoms with Gasteiger partial charge in [-0.3, -0.25) is 4.90 Å². The Kier molecular flexibility index (Phi) is 2.99. The van der Waals surface area contributed by atoms with Crippen molar-refractivity contribution in [2.75, 3.05) is 13.1 Å². The van der Waals surface area contributed by atoms with E-state index in [-0.39, 0.29) is 0 Å². The maximum Gasteiger partial charge on any atom is 0.173 e. The molecular weight excluding hydrogens is 282 g/mol. The van der Waals surface area contributed by atoms with Crippen molar-refractivity contribution in [3.8, 4) is 0 Å². The highest BCUT2D eigenvalue weighted by atomic mass is 32.2. The van der Waals surface area contributed by atoms with Gasteiger partial charge >= 0.3 is 0 Å². The predicted molar refractivity (Wildman–Crippen MR) is 81.4 cm³/mol. The minimum Gasteiger partial charge on any atom is -0.367 e. The van der Waals surface area contributed by atoms with Gasteiger partial charge in [-0.25, -0.2) is 4.21 Å². The van der Waals surface area contributed by atoms with E-state index in [1.165, 1.54) is 0 Å². The molecule has 2 aliphatic rings. The van der Waals surface area contributed by atoms with Crippen LogP contribution in [-0.4, -0.2) is 27.3 Å². The van der Waals surface area contributed by atoms with E-state index in [1.54, 1.807) is 0 Å². The molecule has 0 radical (unpaired) electrons. The van der Waals surface area contributed by atoms with E-state index in [0.717, 1.165) is 46.8 Å². The van der Waals surface area contributed by atoms with Gasteiger partial charge in [0.2, 0.25) is 0 Å². The number of benzene rings is 2. The van der Waals surface area contributed by atoms with E-state index in [9.17, 15) is 9.32 Å². The third kappa shape index (κ3) is 1.76. The number of rotatable bonds is 1. The molecule has 4 heteroatoms. The Morgan fingerprint density at radius 2 is 1.38 bits per heavy atom. The largest absolute Gasteiger partial charge is 0.367 e. The summed E-state index contributed by atoms with van der Waals surface area (Å²) in [6.07, 6.45) is 2.19. The molecule has 0 spiro atoms. The fourth-order valence-electron chi connectivity index (χ4n) is 3.48. The SMILES string of the molecule is O=S1c2ccccc2C(O)(N2CCCC2)c2ccccc21. The van der Waals surface area contributed by atoms with Gasteiger partial charge in [0.1, 0.15) is 0 Å². The van der Waals surface area contributed by atoms with Gasteiger partial charge in [0.25, 0.3) is 0 Å². The molecule has 108 valence electrons. The van der Waals surface area contributed by atoms with Gasteiger partial charge in [0.05, 0.1) is 20.6 Å². The van der Waals surface area contributed by atoms with Crippen LogP contribution in [0.2, 0.25) is 0 Å². The first-order chi connectivity index (χ1) is 10.2. The minimum absolute atomic E-state index is 0.727. The lowest BCUT2D eigenvalue weighted by Gasteiger charge is -2.42. The van der Waals surface area contributed by atoms with Gasteiger partial charge in [0.15, 0.2) is 5.72 Å². The third-order valence-corrected chi connectivity index (χ3v) is 6.00. The van der Waals surface area contributed by atoms with Crippen LogP contribution in [0.1, 0.15) is 24.0 Å². The molecule has 1 N–H and O–H groups in total. The zero-order chi connectivity index (χ0) is 14.4. The molecule has 0 amide bonds. The van der Waals surface area contributed by atoms with Crippen LogP contribution in [0.15, 0.2) is 58.3 Å². The van der Waals surface area contributed by atoms with E-state index in [4.69, 9.17) is 0 Å². The first-order valence-electron chi connectivity index (χ1n) is 7.31. The second-order valence-electron chi connectivity index (χ2n) is 5.63. The summed E-state index contributed by atoms with van der Waals surface area (Å²) in [5.41, 5.74) is 0.380. The van der Waals surface area contributed by atoms with Crippen molar-refractivity contribution in [3.63, 3.8) is 0 Å². The molecule has 0 saturated carbocycles. The average molecular weight is 299 g/mol. The van der Waals surface area contributed by atoms with Crippen molar-refractivity contribution in [3.05, 3.63) is 59.7 Å². The van der Waals surface area contributed by atoms with Crippen LogP contribution in [0, 0.1) is 0 Å². The second-order valence-corrected chi connectivity index (χ2v) is 7.04. The van der Waals surface area contributed by atoms with E-state index < -0.39 is 16.5 Å². The molecule has 2 aromatic rings. The van der Waals surface area contributed by atoms with Gasteiger partial charge in [-0.1, -0.05) is 36.4 Å². The van der Waals surface area contributed by atoms with E-state index in [2.05, 4.69) is 4.90 Å². The highest BCUT2D eigenvalue weighted by Crippen LogP contribution is 2.45. The van der Waals surface area contributed by atoms with Crippen molar-refractivity contribution in [1.82, 2.24) is 4.90 Å². The lowest BCUT2D eigenvalue weighted by molar-refractivity contribution is -0.0730. The summed E-state index contributed by atoms with van der Waals surface area (Å²) in [5.74, 6) is 0. The van der Waals surface area contributed by atoms with E-state index in [1.807, 2.05) is 48.5 Å². The van der Waals surface area contributed by atoms with Crippen LogP contribution in [-0.2, 0) is 16.5 Å².